The van der Waals surface area contributed by atoms with E-state index in [9.17, 15) is 9.59 Å². The van der Waals surface area contributed by atoms with Gasteiger partial charge >= 0.3 is 0 Å². The second-order valence-electron chi connectivity index (χ2n) is 5.55. The molecular weight excluding hydrogens is 288 g/mol. The van der Waals surface area contributed by atoms with Crippen molar-refractivity contribution in [2.24, 2.45) is 7.05 Å². The van der Waals surface area contributed by atoms with E-state index < -0.39 is 0 Å². The lowest BCUT2D eigenvalue weighted by Crippen LogP contribution is -2.30. The monoisotopic (exact) mass is 302 g/mol. The fraction of sp³-hybridized carbons (Fsp3) is 0.0526. The number of hydrogen-bond donors (Lipinski definition) is 0. The van der Waals surface area contributed by atoms with E-state index in [2.05, 4.69) is 0 Å². The van der Waals surface area contributed by atoms with Gasteiger partial charge in [0.05, 0.1) is 11.3 Å². The number of para-hydroxylation sites is 1. The summed E-state index contributed by atoms with van der Waals surface area (Å²) in [5.74, 6) is -0.581. The van der Waals surface area contributed by atoms with Crippen LogP contribution in [0.3, 0.4) is 0 Å². The lowest BCUT2D eigenvalue weighted by molar-refractivity contribution is -0.119. The van der Waals surface area contributed by atoms with Gasteiger partial charge in [-0.2, -0.15) is 0 Å². The standard InChI is InChI=1S/C19H14N2O2/c1-20-12-17(14-9-5-6-10-16(14)20)21-18(22)11-15(19(21)23)13-7-3-2-4-8-13/h2-12H,1H3. The zero-order chi connectivity index (χ0) is 16.0. The van der Waals surface area contributed by atoms with Crippen molar-refractivity contribution in [2.45, 2.75) is 0 Å². The molecule has 0 atom stereocenters. The molecule has 2 aromatic carbocycles. The molecule has 0 fully saturated rings. The molecule has 0 bridgehead atoms. The molecule has 3 aromatic rings. The van der Waals surface area contributed by atoms with Gasteiger partial charge in [-0.15, -0.1) is 0 Å². The third-order valence-electron chi connectivity index (χ3n) is 4.12. The van der Waals surface area contributed by atoms with Gasteiger partial charge in [-0.05, 0) is 11.6 Å². The van der Waals surface area contributed by atoms with Gasteiger partial charge in [0.1, 0.15) is 0 Å². The van der Waals surface area contributed by atoms with Crippen molar-refractivity contribution >= 4 is 34.0 Å². The number of aryl methyl sites for hydroxylation is 1. The fourth-order valence-corrected chi connectivity index (χ4v) is 3.02. The highest BCUT2D eigenvalue weighted by molar-refractivity contribution is 6.44. The number of amides is 2. The Hall–Kier alpha value is -3.14. The van der Waals surface area contributed by atoms with Crippen LogP contribution in [-0.2, 0) is 16.6 Å². The summed E-state index contributed by atoms with van der Waals surface area (Å²) in [6.07, 6.45) is 3.24. The van der Waals surface area contributed by atoms with E-state index in [4.69, 9.17) is 0 Å². The summed E-state index contributed by atoms with van der Waals surface area (Å²) in [4.78, 5) is 26.5. The maximum Gasteiger partial charge on any atom is 0.266 e. The number of carbonyl (C=O) groups is 2. The molecule has 0 aliphatic carbocycles. The van der Waals surface area contributed by atoms with Crippen molar-refractivity contribution in [1.82, 2.24) is 4.57 Å². The second-order valence-corrected chi connectivity index (χ2v) is 5.55. The van der Waals surface area contributed by atoms with Crippen LogP contribution in [0.2, 0.25) is 0 Å². The van der Waals surface area contributed by atoms with Crippen molar-refractivity contribution in [2.75, 3.05) is 4.90 Å². The summed E-state index contributed by atoms with van der Waals surface area (Å²) in [5.41, 5.74) is 2.80. The summed E-state index contributed by atoms with van der Waals surface area (Å²) in [6, 6.07) is 17.0. The Balaban J connectivity index is 1.82. The van der Waals surface area contributed by atoms with Crippen LogP contribution in [0.5, 0.6) is 0 Å². The largest absolute Gasteiger partial charge is 0.348 e. The molecule has 1 aliphatic heterocycles. The number of anilines is 1. The summed E-state index contributed by atoms with van der Waals surface area (Å²) in [5, 5.41) is 0.888. The Morgan fingerprint density at radius 3 is 2.35 bits per heavy atom. The average Bonchev–Trinajstić information content (AvgIpc) is 3.06. The quantitative estimate of drug-likeness (QED) is 0.683. The highest BCUT2D eigenvalue weighted by Crippen LogP contribution is 2.34. The highest BCUT2D eigenvalue weighted by Gasteiger charge is 2.34. The number of rotatable bonds is 2. The molecule has 1 aliphatic rings. The van der Waals surface area contributed by atoms with Crippen molar-refractivity contribution in [3.05, 3.63) is 72.4 Å². The van der Waals surface area contributed by atoms with Gasteiger partial charge in [-0.25, -0.2) is 4.90 Å². The zero-order valence-corrected chi connectivity index (χ0v) is 12.6. The lowest BCUT2D eigenvalue weighted by atomic mass is 10.1. The molecule has 4 heteroatoms. The number of hydrogen-bond acceptors (Lipinski definition) is 2. The Kier molecular flexibility index (Phi) is 2.91. The van der Waals surface area contributed by atoms with E-state index in [1.54, 1.807) is 0 Å². The predicted molar refractivity (Wildman–Crippen MR) is 89.8 cm³/mol. The molecule has 0 radical (unpaired) electrons. The van der Waals surface area contributed by atoms with Crippen LogP contribution in [0.4, 0.5) is 5.69 Å². The first-order valence-electron chi connectivity index (χ1n) is 7.36. The van der Waals surface area contributed by atoms with Crippen molar-refractivity contribution < 1.29 is 9.59 Å². The molecule has 23 heavy (non-hydrogen) atoms. The van der Waals surface area contributed by atoms with Crippen LogP contribution in [-0.4, -0.2) is 16.4 Å². The molecule has 0 spiro atoms. The van der Waals surface area contributed by atoms with Gasteiger partial charge in [-0.3, -0.25) is 9.59 Å². The first-order chi connectivity index (χ1) is 11.2. The van der Waals surface area contributed by atoms with Gasteiger partial charge in [0.2, 0.25) is 0 Å². The number of benzene rings is 2. The minimum atomic E-state index is -0.301. The van der Waals surface area contributed by atoms with E-state index in [1.807, 2.05) is 72.4 Å². The number of aromatic nitrogens is 1. The van der Waals surface area contributed by atoms with E-state index in [-0.39, 0.29) is 11.8 Å². The second kappa shape index (κ2) is 4.95. The average molecular weight is 302 g/mol. The maximum atomic E-state index is 12.8. The predicted octanol–water partition coefficient (Wildman–Crippen LogP) is 3.14. The van der Waals surface area contributed by atoms with E-state index in [1.165, 1.54) is 11.0 Å². The summed E-state index contributed by atoms with van der Waals surface area (Å²) in [7, 11) is 1.91. The molecule has 0 unspecified atom stereocenters. The minimum absolute atomic E-state index is 0.280. The first-order valence-corrected chi connectivity index (χ1v) is 7.36. The van der Waals surface area contributed by atoms with Gasteiger partial charge in [0.25, 0.3) is 11.8 Å². The Morgan fingerprint density at radius 1 is 0.870 bits per heavy atom. The van der Waals surface area contributed by atoms with Crippen molar-refractivity contribution in [3.8, 4) is 0 Å². The minimum Gasteiger partial charge on any atom is -0.348 e. The van der Waals surface area contributed by atoms with Gasteiger partial charge in [-0.1, -0.05) is 48.5 Å². The van der Waals surface area contributed by atoms with Crippen LogP contribution in [0.15, 0.2) is 66.9 Å². The van der Waals surface area contributed by atoms with Crippen LogP contribution in [0.1, 0.15) is 5.56 Å². The molecule has 112 valence electrons. The number of fused-ring (bicyclic) bond motifs is 1. The van der Waals surface area contributed by atoms with Gasteiger partial charge in [0.15, 0.2) is 0 Å². The summed E-state index contributed by atoms with van der Waals surface area (Å²) in [6.45, 7) is 0. The smallest absolute Gasteiger partial charge is 0.266 e. The highest BCUT2D eigenvalue weighted by atomic mass is 16.2. The van der Waals surface area contributed by atoms with E-state index in [0.29, 0.717) is 11.3 Å². The normalized spacial score (nSPS) is 14.7. The van der Waals surface area contributed by atoms with Crippen LogP contribution >= 0.6 is 0 Å². The van der Waals surface area contributed by atoms with Gasteiger partial charge < -0.3 is 4.57 Å². The molecule has 0 N–H and O–H groups in total. The summed E-state index contributed by atoms with van der Waals surface area (Å²) >= 11 is 0. The summed E-state index contributed by atoms with van der Waals surface area (Å²) < 4.78 is 1.92. The van der Waals surface area contributed by atoms with Crippen molar-refractivity contribution in [3.63, 3.8) is 0 Å². The van der Waals surface area contributed by atoms with Crippen LogP contribution < -0.4 is 4.90 Å². The maximum absolute atomic E-state index is 12.8. The molecule has 0 saturated carbocycles. The van der Waals surface area contributed by atoms with Gasteiger partial charge in [0, 0.05) is 30.2 Å². The molecular formula is C19H14N2O2. The van der Waals surface area contributed by atoms with Crippen molar-refractivity contribution in [1.29, 1.82) is 0 Å². The lowest BCUT2D eigenvalue weighted by Gasteiger charge is -2.13. The SMILES string of the molecule is Cn1cc(N2C(=O)C=C(c3ccccc3)C2=O)c2ccccc21. The molecule has 2 heterocycles. The first kappa shape index (κ1) is 13.5. The molecule has 4 rings (SSSR count). The Morgan fingerprint density at radius 2 is 1.57 bits per heavy atom. The topological polar surface area (TPSA) is 42.3 Å². The molecule has 4 nitrogen and oxygen atoms in total. The third-order valence-corrected chi connectivity index (χ3v) is 4.12. The molecule has 1 aromatic heterocycles. The Labute approximate surface area is 133 Å². The molecule has 0 saturated heterocycles. The zero-order valence-electron chi connectivity index (χ0n) is 12.6. The van der Waals surface area contributed by atoms with E-state index in [0.717, 1.165) is 16.5 Å². The van der Waals surface area contributed by atoms with Crippen LogP contribution in [0.25, 0.3) is 16.5 Å². The number of imide groups is 1. The number of nitrogens with zero attached hydrogens (tertiary/aromatic N) is 2. The van der Waals surface area contributed by atoms with E-state index >= 15 is 0 Å². The van der Waals surface area contributed by atoms with Crippen LogP contribution in [0, 0.1) is 0 Å². The third kappa shape index (κ3) is 1.99. The Bertz CT molecular complexity index is 967. The number of carbonyl (C=O) groups excluding carboxylic acids is 2. The molecule has 2 amide bonds. The fourth-order valence-electron chi connectivity index (χ4n) is 3.02.